The second kappa shape index (κ2) is 2.84. The fourth-order valence-corrected chi connectivity index (χ4v) is 1.22. The Morgan fingerprint density at radius 1 is 1.50 bits per heavy atom. The molecule has 1 aromatic rings. The highest BCUT2D eigenvalue weighted by molar-refractivity contribution is 7.98. The minimum Gasteiger partial charge on any atom is -0.508 e. The largest absolute Gasteiger partial charge is 0.508 e. The van der Waals surface area contributed by atoms with Gasteiger partial charge in [0.05, 0.1) is 0 Å². The van der Waals surface area contributed by atoms with Gasteiger partial charge < -0.3 is 10.8 Å². The molecular weight excluding hydrogens is 146 g/mol. The first kappa shape index (κ1) is 7.28. The standard InChI is InChI=1S/C7H9NOS/c1-10-7-3-2-5(9)4-6(7)8/h2-4,9H,8H2,1H3. The molecule has 0 bridgehead atoms. The summed E-state index contributed by atoms with van der Waals surface area (Å²) >= 11 is 1.57. The summed E-state index contributed by atoms with van der Waals surface area (Å²) in [6.07, 6.45) is 1.95. The van der Waals surface area contributed by atoms with E-state index < -0.39 is 0 Å². The van der Waals surface area contributed by atoms with Crippen molar-refractivity contribution in [2.45, 2.75) is 4.90 Å². The lowest BCUT2D eigenvalue weighted by atomic mass is 10.3. The molecular formula is C7H9NOS. The normalized spacial score (nSPS) is 9.70. The van der Waals surface area contributed by atoms with E-state index in [0.717, 1.165) is 4.90 Å². The van der Waals surface area contributed by atoms with Crippen LogP contribution in [0, 0.1) is 0 Å². The molecule has 0 saturated carbocycles. The van der Waals surface area contributed by atoms with Gasteiger partial charge in [0.1, 0.15) is 5.75 Å². The summed E-state index contributed by atoms with van der Waals surface area (Å²) in [6, 6.07) is 4.98. The van der Waals surface area contributed by atoms with E-state index in [0.29, 0.717) is 5.69 Å². The predicted molar refractivity (Wildman–Crippen MR) is 44.3 cm³/mol. The van der Waals surface area contributed by atoms with Crippen molar-refractivity contribution in [3.8, 4) is 5.75 Å². The van der Waals surface area contributed by atoms with E-state index in [1.807, 2.05) is 6.26 Å². The Balaban J connectivity index is 3.07. The van der Waals surface area contributed by atoms with Crippen LogP contribution in [0.5, 0.6) is 5.75 Å². The highest BCUT2D eigenvalue weighted by atomic mass is 32.2. The lowest BCUT2D eigenvalue weighted by Crippen LogP contribution is -1.86. The zero-order valence-electron chi connectivity index (χ0n) is 5.66. The van der Waals surface area contributed by atoms with Gasteiger partial charge in [-0.1, -0.05) is 0 Å². The molecule has 1 aromatic carbocycles. The van der Waals surface area contributed by atoms with E-state index in [2.05, 4.69) is 0 Å². The third-order valence-electron chi connectivity index (χ3n) is 1.21. The van der Waals surface area contributed by atoms with E-state index in [9.17, 15) is 0 Å². The molecule has 3 N–H and O–H groups in total. The average molecular weight is 155 g/mol. The third kappa shape index (κ3) is 1.36. The molecule has 0 heterocycles. The van der Waals surface area contributed by atoms with Crippen LogP contribution in [0.4, 0.5) is 5.69 Å². The second-order valence-corrected chi connectivity index (χ2v) is 2.77. The number of aromatic hydroxyl groups is 1. The monoisotopic (exact) mass is 155 g/mol. The summed E-state index contributed by atoms with van der Waals surface area (Å²) < 4.78 is 0. The van der Waals surface area contributed by atoms with Crippen LogP contribution < -0.4 is 5.73 Å². The number of anilines is 1. The van der Waals surface area contributed by atoms with Crippen LogP contribution in [0.1, 0.15) is 0 Å². The minimum absolute atomic E-state index is 0.218. The highest BCUT2D eigenvalue weighted by Gasteiger charge is 1.96. The van der Waals surface area contributed by atoms with Crippen molar-refractivity contribution in [2.75, 3.05) is 12.0 Å². The average Bonchev–Trinajstić information content (AvgIpc) is 1.88. The predicted octanol–water partition coefficient (Wildman–Crippen LogP) is 1.70. The highest BCUT2D eigenvalue weighted by Crippen LogP contribution is 2.25. The van der Waals surface area contributed by atoms with Crippen molar-refractivity contribution < 1.29 is 5.11 Å². The van der Waals surface area contributed by atoms with Gasteiger partial charge in [-0.3, -0.25) is 0 Å². The van der Waals surface area contributed by atoms with Crippen LogP contribution in [0.25, 0.3) is 0 Å². The quantitative estimate of drug-likeness (QED) is 0.479. The molecule has 0 fully saturated rings. The fourth-order valence-electron chi connectivity index (χ4n) is 0.722. The Morgan fingerprint density at radius 2 is 2.20 bits per heavy atom. The number of benzene rings is 1. The summed E-state index contributed by atoms with van der Waals surface area (Å²) in [4.78, 5) is 0.998. The molecule has 0 saturated heterocycles. The molecule has 0 aliphatic carbocycles. The Labute approximate surface area is 64.1 Å². The van der Waals surface area contributed by atoms with Gasteiger partial charge in [0.2, 0.25) is 0 Å². The van der Waals surface area contributed by atoms with Gasteiger partial charge in [-0.05, 0) is 18.4 Å². The Hall–Kier alpha value is -0.830. The Kier molecular flexibility index (Phi) is 2.06. The van der Waals surface area contributed by atoms with E-state index >= 15 is 0 Å². The van der Waals surface area contributed by atoms with E-state index in [-0.39, 0.29) is 5.75 Å². The minimum atomic E-state index is 0.218. The molecule has 0 aromatic heterocycles. The zero-order valence-corrected chi connectivity index (χ0v) is 6.48. The van der Waals surface area contributed by atoms with Gasteiger partial charge in [0.15, 0.2) is 0 Å². The van der Waals surface area contributed by atoms with Gasteiger partial charge in [-0.2, -0.15) is 0 Å². The summed E-state index contributed by atoms with van der Waals surface area (Å²) in [5.41, 5.74) is 6.18. The van der Waals surface area contributed by atoms with Crippen LogP contribution in [0.2, 0.25) is 0 Å². The number of phenolic OH excluding ortho intramolecular Hbond substituents is 1. The smallest absolute Gasteiger partial charge is 0.117 e. The molecule has 10 heavy (non-hydrogen) atoms. The van der Waals surface area contributed by atoms with Crippen molar-refractivity contribution in [3.05, 3.63) is 18.2 Å². The van der Waals surface area contributed by atoms with Gasteiger partial charge >= 0.3 is 0 Å². The van der Waals surface area contributed by atoms with E-state index in [1.54, 1.807) is 30.0 Å². The molecule has 0 amide bonds. The van der Waals surface area contributed by atoms with Crippen molar-refractivity contribution in [1.82, 2.24) is 0 Å². The van der Waals surface area contributed by atoms with Crippen LogP contribution in [0.3, 0.4) is 0 Å². The lowest BCUT2D eigenvalue weighted by Gasteiger charge is -2.00. The maximum atomic E-state index is 8.94. The molecule has 0 atom stereocenters. The first-order valence-electron chi connectivity index (χ1n) is 2.86. The second-order valence-electron chi connectivity index (χ2n) is 1.93. The number of nitrogens with two attached hydrogens (primary N) is 1. The van der Waals surface area contributed by atoms with Gasteiger partial charge in [-0.25, -0.2) is 0 Å². The molecule has 2 nitrogen and oxygen atoms in total. The van der Waals surface area contributed by atoms with E-state index in [1.165, 1.54) is 0 Å². The topological polar surface area (TPSA) is 46.2 Å². The summed E-state index contributed by atoms with van der Waals surface area (Å²) in [5.74, 6) is 0.218. The van der Waals surface area contributed by atoms with Crippen LogP contribution >= 0.6 is 11.8 Å². The zero-order chi connectivity index (χ0) is 7.56. The molecule has 0 aliphatic rings. The van der Waals surface area contributed by atoms with Gasteiger partial charge in [0, 0.05) is 16.6 Å². The molecule has 0 radical (unpaired) electrons. The lowest BCUT2D eigenvalue weighted by molar-refractivity contribution is 0.475. The summed E-state index contributed by atoms with van der Waals surface area (Å²) in [7, 11) is 0. The summed E-state index contributed by atoms with van der Waals surface area (Å²) in [5, 5.41) is 8.94. The fraction of sp³-hybridized carbons (Fsp3) is 0.143. The van der Waals surface area contributed by atoms with Crippen molar-refractivity contribution >= 4 is 17.4 Å². The van der Waals surface area contributed by atoms with Crippen molar-refractivity contribution in [2.24, 2.45) is 0 Å². The van der Waals surface area contributed by atoms with Crippen molar-refractivity contribution in [3.63, 3.8) is 0 Å². The Morgan fingerprint density at radius 3 is 2.70 bits per heavy atom. The number of hydrogen-bond acceptors (Lipinski definition) is 3. The number of nitrogen functional groups attached to an aromatic ring is 1. The van der Waals surface area contributed by atoms with Crippen molar-refractivity contribution in [1.29, 1.82) is 0 Å². The van der Waals surface area contributed by atoms with Crippen LogP contribution in [0.15, 0.2) is 23.1 Å². The molecule has 1 rings (SSSR count). The first-order chi connectivity index (χ1) is 4.74. The summed E-state index contributed by atoms with van der Waals surface area (Å²) in [6.45, 7) is 0. The molecule has 0 aliphatic heterocycles. The maximum Gasteiger partial charge on any atom is 0.117 e. The number of thioether (sulfide) groups is 1. The van der Waals surface area contributed by atoms with Crippen LogP contribution in [-0.2, 0) is 0 Å². The number of phenols is 1. The van der Waals surface area contributed by atoms with Gasteiger partial charge in [0.25, 0.3) is 0 Å². The molecule has 54 valence electrons. The first-order valence-corrected chi connectivity index (χ1v) is 4.09. The maximum absolute atomic E-state index is 8.94. The van der Waals surface area contributed by atoms with Gasteiger partial charge in [-0.15, -0.1) is 11.8 Å². The molecule has 0 unspecified atom stereocenters. The SMILES string of the molecule is CSc1ccc(O)cc1N. The number of rotatable bonds is 1. The van der Waals surface area contributed by atoms with Crippen LogP contribution in [-0.4, -0.2) is 11.4 Å². The molecule has 3 heteroatoms. The number of hydrogen-bond donors (Lipinski definition) is 2. The third-order valence-corrected chi connectivity index (χ3v) is 2.02. The Bertz CT molecular complexity index is 237. The van der Waals surface area contributed by atoms with E-state index in [4.69, 9.17) is 10.8 Å². The molecule has 0 spiro atoms.